The van der Waals surface area contributed by atoms with E-state index in [0.717, 1.165) is 17.8 Å². The van der Waals surface area contributed by atoms with E-state index >= 15 is 0 Å². The van der Waals surface area contributed by atoms with Crippen molar-refractivity contribution in [3.8, 4) is 0 Å². The summed E-state index contributed by atoms with van der Waals surface area (Å²) >= 11 is 1.11. The van der Waals surface area contributed by atoms with E-state index in [9.17, 15) is 9.59 Å². The summed E-state index contributed by atoms with van der Waals surface area (Å²) in [7, 11) is 1.94. The van der Waals surface area contributed by atoms with Crippen LogP contribution in [0.1, 0.15) is 50.1 Å². The number of carbonyl (C=O) groups is 2. The van der Waals surface area contributed by atoms with Crippen LogP contribution < -0.4 is 11.1 Å². The molecule has 0 saturated carbocycles. The molecule has 0 spiro atoms. The molecule has 0 bridgehead atoms. The number of benzene rings is 1. The van der Waals surface area contributed by atoms with Crippen LogP contribution in [0.25, 0.3) is 0 Å². The number of aldehydes is 1. The number of hydrogen-bond acceptors (Lipinski definition) is 6. The number of nitrogens with one attached hydrogen (secondary N) is 1. The summed E-state index contributed by atoms with van der Waals surface area (Å²) < 4.78 is 4.97. The van der Waals surface area contributed by atoms with Crippen molar-refractivity contribution in [1.29, 1.82) is 0 Å². The Balaban J connectivity index is 0.000000271. The van der Waals surface area contributed by atoms with Gasteiger partial charge in [0.1, 0.15) is 5.00 Å². The van der Waals surface area contributed by atoms with Crippen molar-refractivity contribution >= 4 is 34.3 Å². The first kappa shape index (κ1) is 20.7. The number of hydrogen-bond donors (Lipinski definition) is 2. The number of rotatable bonds is 5. The highest BCUT2D eigenvalue weighted by atomic mass is 32.1. The highest BCUT2D eigenvalue weighted by Crippen LogP contribution is 2.29. The lowest BCUT2D eigenvalue weighted by molar-refractivity contribution is 0.0506. The van der Waals surface area contributed by atoms with Gasteiger partial charge in [0, 0.05) is 12.7 Å². The molecule has 2 rings (SSSR count). The van der Waals surface area contributed by atoms with Crippen molar-refractivity contribution < 1.29 is 14.3 Å². The van der Waals surface area contributed by atoms with Gasteiger partial charge in [-0.25, -0.2) is 4.79 Å². The van der Waals surface area contributed by atoms with Gasteiger partial charge in [0.05, 0.1) is 17.0 Å². The molecule has 0 radical (unpaired) electrons. The van der Waals surface area contributed by atoms with Gasteiger partial charge in [-0.05, 0) is 44.4 Å². The molecule has 0 atom stereocenters. The Morgan fingerprint density at radius 2 is 2.00 bits per heavy atom. The van der Waals surface area contributed by atoms with Crippen molar-refractivity contribution in [3.05, 3.63) is 45.3 Å². The van der Waals surface area contributed by atoms with E-state index in [1.165, 1.54) is 16.8 Å². The molecular formula is C19H26N2O3S. The van der Waals surface area contributed by atoms with Crippen LogP contribution in [0.2, 0.25) is 0 Å². The Hall–Kier alpha value is -2.34. The van der Waals surface area contributed by atoms with Gasteiger partial charge >= 0.3 is 5.97 Å². The zero-order valence-corrected chi connectivity index (χ0v) is 16.3. The molecule has 5 nitrogen and oxygen atoms in total. The lowest BCUT2D eigenvalue weighted by atomic mass is 10.1. The molecule has 0 amide bonds. The Bertz CT molecular complexity index is 739. The van der Waals surface area contributed by atoms with Crippen LogP contribution >= 0.6 is 11.3 Å². The van der Waals surface area contributed by atoms with E-state index in [-0.39, 0.29) is 0 Å². The largest absolute Gasteiger partial charge is 0.462 e. The van der Waals surface area contributed by atoms with E-state index in [4.69, 9.17) is 10.5 Å². The Morgan fingerprint density at radius 1 is 1.32 bits per heavy atom. The van der Waals surface area contributed by atoms with Crippen molar-refractivity contribution in [2.24, 2.45) is 0 Å². The molecule has 0 fully saturated rings. The summed E-state index contributed by atoms with van der Waals surface area (Å²) in [6.45, 7) is 8.18. The zero-order valence-electron chi connectivity index (χ0n) is 15.4. The Morgan fingerprint density at radius 3 is 2.48 bits per heavy atom. The van der Waals surface area contributed by atoms with E-state index in [1.54, 1.807) is 6.92 Å². The minimum absolute atomic E-state index is 0.329. The maximum absolute atomic E-state index is 11.6. The van der Waals surface area contributed by atoms with Crippen molar-refractivity contribution in [2.45, 2.75) is 34.1 Å². The van der Waals surface area contributed by atoms with Gasteiger partial charge in [0.25, 0.3) is 0 Å². The summed E-state index contributed by atoms with van der Waals surface area (Å²) in [5.41, 5.74) is 10.4. The molecule has 1 heterocycles. The number of esters is 1. The predicted molar refractivity (Wildman–Crippen MR) is 105 cm³/mol. The molecule has 0 aliphatic heterocycles. The third kappa shape index (κ3) is 5.60. The maximum atomic E-state index is 11.6. The van der Waals surface area contributed by atoms with Gasteiger partial charge in [0.2, 0.25) is 0 Å². The summed E-state index contributed by atoms with van der Waals surface area (Å²) in [5, 5.41) is 3.47. The molecule has 0 aliphatic carbocycles. The summed E-state index contributed by atoms with van der Waals surface area (Å²) in [6, 6.07) is 6.38. The normalized spacial score (nSPS) is 9.80. The molecule has 0 aliphatic rings. The smallest absolute Gasteiger partial charge is 0.341 e. The van der Waals surface area contributed by atoms with Gasteiger partial charge < -0.3 is 15.8 Å². The lowest BCUT2D eigenvalue weighted by Gasteiger charge is -2.04. The fourth-order valence-electron chi connectivity index (χ4n) is 2.28. The molecule has 0 unspecified atom stereocenters. The monoisotopic (exact) mass is 362 g/mol. The van der Waals surface area contributed by atoms with Gasteiger partial charge in [-0.3, -0.25) is 4.79 Å². The van der Waals surface area contributed by atoms with Gasteiger partial charge in [-0.15, -0.1) is 11.3 Å². The van der Waals surface area contributed by atoms with E-state index in [2.05, 4.69) is 37.4 Å². The van der Waals surface area contributed by atoms with E-state index < -0.39 is 5.97 Å². The van der Waals surface area contributed by atoms with Crippen LogP contribution in [0.3, 0.4) is 0 Å². The van der Waals surface area contributed by atoms with Crippen molar-refractivity contribution in [1.82, 2.24) is 0 Å². The van der Waals surface area contributed by atoms with Crippen molar-refractivity contribution in [3.63, 3.8) is 0 Å². The average molecular weight is 362 g/mol. The third-order valence-corrected chi connectivity index (χ3v) is 4.66. The van der Waals surface area contributed by atoms with Crippen LogP contribution in [0.15, 0.2) is 18.2 Å². The minimum atomic E-state index is -0.448. The summed E-state index contributed by atoms with van der Waals surface area (Å²) in [4.78, 5) is 22.7. The quantitative estimate of drug-likeness (QED) is 0.610. The van der Waals surface area contributed by atoms with Crippen LogP contribution in [0.4, 0.5) is 10.7 Å². The Labute approximate surface area is 153 Å². The molecule has 3 N–H and O–H groups in total. The van der Waals surface area contributed by atoms with Gasteiger partial charge in [0.15, 0.2) is 6.29 Å². The number of anilines is 2. The van der Waals surface area contributed by atoms with Crippen LogP contribution in [-0.2, 0) is 4.74 Å². The standard InChI is InChI=1S/C10H13NO3S.C9H13N/c1-3-4-14-10(13)8-6(2)7(5-12)15-9(8)11;1-7-4-5-9(10-3)8(2)6-7/h5H,3-4,11H2,1-2H3;4-6,10H,1-3H3. The van der Waals surface area contributed by atoms with E-state index in [0.29, 0.717) is 33.9 Å². The number of nitrogens with two attached hydrogens (primary N) is 1. The molecule has 136 valence electrons. The fourth-order valence-corrected chi connectivity index (χ4v) is 3.16. The van der Waals surface area contributed by atoms with Crippen molar-refractivity contribution in [2.75, 3.05) is 24.7 Å². The average Bonchev–Trinajstić information content (AvgIpc) is 2.87. The second kappa shape index (κ2) is 9.84. The molecular weight excluding hydrogens is 336 g/mol. The first-order valence-corrected chi connectivity index (χ1v) is 8.93. The first-order chi connectivity index (χ1) is 11.8. The number of nitrogen functional groups attached to an aromatic ring is 1. The molecule has 1 aromatic carbocycles. The number of thiophene rings is 1. The topological polar surface area (TPSA) is 81.4 Å². The number of carbonyl (C=O) groups excluding carboxylic acids is 2. The SMILES string of the molecule is CCCOC(=O)c1c(N)sc(C=O)c1C.CNc1ccc(C)cc1C. The minimum Gasteiger partial charge on any atom is -0.462 e. The highest BCUT2D eigenvalue weighted by molar-refractivity contribution is 7.18. The third-order valence-electron chi connectivity index (χ3n) is 3.61. The molecule has 0 saturated heterocycles. The molecule has 25 heavy (non-hydrogen) atoms. The number of ether oxygens (including phenoxy) is 1. The summed E-state index contributed by atoms with van der Waals surface area (Å²) in [6.07, 6.45) is 1.46. The summed E-state index contributed by atoms with van der Waals surface area (Å²) in [5.74, 6) is -0.448. The number of aryl methyl sites for hydroxylation is 2. The van der Waals surface area contributed by atoms with E-state index in [1.807, 2.05) is 14.0 Å². The molecule has 1 aromatic heterocycles. The first-order valence-electron chi connectivity index (χ1n) is 8.11. The van der Waals surface area contributed by atoms with Gasteiger partial charge in [-0.2, -0.15) is 0 Å². The highest BCUT2D eigenvalue weighted by Gasteiger charge is 2.20. The molecule has 2 aromatic rings. The van der Waals surface area contributed by atoms with Crippen LogP contribution in [0.5, 0.6) is 0 Å². The second-order valence-electron chi connectivity index (χ2n) is 5.65. The fraction of sp³-hybridized carbons (Fsp3) is 0.368. The van der Waals surface area contributed by atoms with Gasteiger partial charge in [-0.1, -0.05) is 24.6 Å². The lowest BCUT2D eigenvalue weighted by Crippen LogP contribution is -2.08. The maximum Gasteiger partial charge on any atom is 0.341 e. The zero-order chi connectivity index (χ0) is 19.0. The molecule has 6 heteroatoms. The second-order valence-corrected chi connectivity index (χ2v) is 6.74. The van der Waals surface area contributed by atoms with Crippen LogP contribution in [-0.4, -0.2) is 25.9 Å². The Kier molecular flexibility index (Phi) is 8.15. The van der Waals surface area contributed by atoms with Crippen LogP contribution in [0, 0.1) is 20.8 Å². The predicted octanol–water partition coefficient (Wildman–Crippen LogP) is 4.36.